The second kappa shape index (κ2) is 7.61. The molecule has 0 aliphatic heterocycles. The van der Waals surface area contributed by atoms with Gasteiger partial charge in [-0.15, -0.1) is 0 Å². The summed E-state index contributed by atoms with van der Waals surface area (Å²) in [6.45, 7) is 1.98. The molecular formula is C25H20O5. The molecule has 4 rings (SSSR count). The van der Waals surface area contributed by atoms with Crippen molar-refractivity contribution >= 4 is 17.6 Å². The first-order chi connectivity index (χ1) is 14.4. The van der Waals surface area contributed by atoms with Crippen molar-refractivity contribution < 1.29 is 24.9 Å². The van der Waals surface area contributed by atoms with E-state index in [1.807, 2.05) is 37.3 Å². The first-order valence-corrected chi connectivity index (χ1v) is 9.57. The quantitative estimate of drug-likeness (QED) is 0.444. The van der Waals surface area contributed by atoms with Crippen molar-refractivity contribution in [3.05, 3.63) is 99.6 Å². The van der Waals surface area contributed by atoms with Gasteiger partial charge in [-0.1, -0.05) is 66.2 Å². The van der Waals surface area contributed by atoms with Crippen molar-refractivity contribution in [2.75, 3.05) is 0 Å². The third-order valence-corrected chi connectivity index (χ3v) is 5.25. The van der Waals surface area contributed by atoms with E-state index in [4.69, 9.17) is 0 Å². The summed E-state index contributed by atoms with van der Waals surface area (Å²) in [6, 6.07) is 15.3. The molecule has 0 heterocycles. The number of phenols is 2. The highest BCUT2D eigenvalue weighted by Gasteiger charge is 2.36. The number of rotatable bonds is 4. The molecule has 3 N–H and O–H groups in total. The molecule has 5 nitrogen and oxygen atoms in total. The summed E-state index contributed by atoms with van der Waals surface area (Å²) in [6.07, 6.45) is 2.58. The highest BCUT2D eigenvalue weighted by Crippen LogP contribution is 2.42. The van der Waals surface area contributed by atoms with Gasteiger partial charge in [0.05, 0.1) is 17.2 Å². The molecule has 1 unspecified atom stereocenters. The summed E-state index contributed by atoms with van der Waals surface area (Å²) < 4.78 is 0. The van der Waals surface area contributed by atoms with E-state index in [1.54, 1.807) is 18.2 Å². The Morgan fingerprint density at radius 1 is 0.900 bits per heavy atom. The van der Waals surface area contributed by atoms with Gasteiger partial charge in [0.1, 0.15) is 11.5 Å². The molecule has 0 aromatic heterocycles. The van der Waals surface area contributed by atoms with E-state index in [2.05, 4.69) is 0 Å². The number of hydrogen-bond acceptors (Lipinski definition) is 5. The summed E-state index contributed by atoms with van der Waals surface area (Å²) in [5.41, 5.74) is 1.92. The number of hydrogen-bond donors (Lipinski definition) is 3. The Morgan fingerprint density at radius 2 is 1.57 bits per heavy atom. The SMILES string of the molecule is Cc1cccc(/C=C/CC(O)c2cc(O)c3c(c2O)C(=O)c2ccccc2C3=O)c1. The number of fused-ring (bicyclic) bond motifs is 2. The zero-order valence-corrected chi connectivity index (χ0v) is 16.3. The zero-order valence-electron chi connectivity index (χ0n) is 16.3. The van der Waals surface area contributed by atoms with E-state index in [0.717, 1.165) is 17.2 Å². The van der Waals surface area contributed by atoms with Crippen LogP contribution in [0, 0.1) is 6.92 Å². The molecule has 1 atom stereocenters. The molecule has 3 aromatic rings. The minimum atomic E-state index is -1.16. The molecule has 0 amide bonds. The number of aryl methyl sites for hydroxylation is 1. The van der Waals surface area contributed by atoms with E-state index >= 15 is 0 Å². The fourth-order valence-electron chi connectivity index (χ4n) is 3.77. The van der Waals surface area contributed by atoms with Crippen molar-refractivity contribution in [2.45, 2.75) is 19.4 Å². The minimum absolute atomic E-state index is 0.000623. The average molecular weight is 400 g/mol. The molecule has 1 aliphatic rings. The van der Waals surface area contributed by atoms with Crippen LogP contribution in [0.4, 0.5) is 0 Å². The van der Waals surface area contributed by atoms with Crippen molar-refractivity contribution in [2.24, 2.45) is 0 Å². The van der Waals surface area contributed by atoms with Gasteiger partial charge in [-0.3, -0.25) is 9.59 Å². The van der Waals surface area contributed by atoms with Gasteiger partial charge in [0, 0.05) is 16.7 Å². The second-order valence-electron chi connectivity index (χ2n) is 7.36. The molecule has 0 bridgehead atoms. The monoisotopic (exact) mass is 400 g/mol. The summed E-state index contributed by atoms with van der Waals surface area (Å²) in [7, 11) is 0. The van der Waals surface area contributed by atoms with Crippen molar-refractivity contribution in [1.29, 1.82) is 0 Å². The van der Waals surface area contributed by atoms with Crippen LogP contribution < -0.4 is 0 Å². The van der Waals surface area contributed by atoms with Gasteiger partial charge in [0.2, 0.25) is 0 Å². The van der Waals surface area contributed by atoms with Gasteiger partial charge in [-0.2, -0.15) is 0 Å². The van der Waals surface area contributed by atoms with Gasteiger partial charge in [-0.25, -0.2) is 0 Å². The van der Waals surface area contributed by atoms with Gasteiger partial charge < -0.3 is 15.3 Å². The lowest BCUT2D eigenvalue weighted by atomic mass is 9.81. The standard InChI is InChI=1S/C25H20O5/c1-14-6-4-7-15(12-14)8-5-11-19(26)18-13-20(27)21-22(25(18)30)24(29)17-10-3-2-9-16(17)23(21)28/h2-10,12-13,19,26-27,30H,11H2,1H3/b8-5+. The maximum atomic E-state index is 12.9. The Labute approximate surface area is 173 Å². The number of carbonyl (C=O) groups is 2. The lowest BCUT2D eigenvalue weighted by molar-refractivity contribution is 0.0973. The smallest absolute Gasteiger partial charge is 0.198 e. The van der Waals surface area contributed by atoms with Gasteiger partial charge in [0.15, 0.2) is 11.6 Å². The largest absolute Gasteiger partial charge is 0.507 e. The average Bonchev–Trinajstić information content (AvgIpc) is 2.73. The summed E-state index contributed by atoms with van der Waals surface area (Å²) in [5, 5.41) is 31.8. The maximum absolute atomic E-state index is 12.9. The van der Waals surface area contributed by atoms with Crippen LogP contribution >= 0.6 is 0 Å². The Bertz CT molecular complexity index is 1210. The molecule has 0 spiro atoms. The van der Waals surface area contributed by atoms with Crippen LogP contribution in [0.2, 0.25) is 0 Å². The lowest BCUT2D eigenvalue weighted by Gasteiger charge is -2.22. The van der Waals surface area contributed by atoms with Crippen LogP contribution in [0.1, 0.15) is 61.1 Å². The molecule has 3 aromatic carbocycles. The van der Waals surface area contributed by atoms with E-state index < -0.39 is 29.2 Å². The molecule has 0 radical (unpaired) electrons. The van der Waals surface area contributed by atoms with Crippen LogP contribution in [0.15, 0.2) is 60.7 Å². The van der Waals surface area contributed by atoms with Crippen LogP contribution in [0.5, 0.6) is 11.5 Å². The predicted octanol–water partition coefficient (Wildman–Crippen LogP) is 4.32. The highest BCUT2D eigenvalue weighted by atomic mass is 16.3. The number of ketones is 2. The number of carbonyl (C=O) groups excluding carboxylic acids is 2. The minimum Gasteiger partial charge on any atom is -0.507 e. The molecule has 150 valence electrons. The topological polar surface area (TPSA) is 94.8 Å². The second-order valence-corrected chi connectivity index (χ2v) is 7.36. The Balaban J connectivity index is 1.68. The number of aliphatic hydroxyl groups is 1. The van der Waals surface area contributed by atoms with Crippen LogP contribution in [-0.4, -0.2) is 26.9 Å². The molecule has 0 saturated carbocycles. The molecule has 0 fully saturated rings. The van der Waals surface area contributed by atoms with Crippen LogP contribution in [0.25, 0.3) is 6.08 Å². The Kier molecular flexibility index (Phi) is 4.98. The first kappa shape index (κ1) is 19.6. The Morgan fingerprint density at radius 3 is 2.23 bits per heavy atom. The van der Waals surface area contributed by atoms with E-state index in [-0.39, 0.29) is 34.2 Å². The summed E-state index contributed by atoms with van der Waals surface area (Å²) in [4.78, 5) is 25.7. The number of aromatic hydroxyl groups is 2. The predicted molar refractivity (Wildman–Crippen MR) is 113 cm³/mol. The van der Waals surface area contributed by atoms with E-state index in [9.17, 15) is 24.9 Å². The first-order valence-electron chi connectivity index (χ1n) is 9.57. The molecule has 1 aliphatic carbocycles. The van der Waals surface area contributed by atoms with Gasteiger partial charge in [-0.05, 0) is 25.0 Å². The van der Waals surface area contributed by atoms with Crippen molar-refractivity contribution in [3.63, 3.8) is 0 Å². The molecule has 0 saturated heterocycles. The molecule has 5 heteroatoms. The van der Waals surface area contributed by atoms with Crippen molar-refractivity contribution in [1.82, 2.24) is 0 Å². The number of benzene rings is 3. The number of aliphatic hydroxyl groups excluding tert-OH is 1. The summed E-state index contributed by atoms with van der Waals surface area (Å²) in [5.74, 6) is -2.01. The zero-order chi connectivity index (χ0) is 21.4. The third-order valence-electron chi connectivity index (χ3n) is 5.25. The fourth-order valence-corrected chi connectivity index (χ4v) is 3.77. The van der Waals surface area contributed by atoms with Crippen LogP contribution in [-0.2, 0) is 0 Å². The van der Waals surface area contributed by atoms with Crippen molar-refractivity contribution in [3.8, 4) is 11.5 Å². The van der Waals surface area contributed by atoms with Crippen LogP contribution in [0.3, 0.4) is 0 Å². The highest BCUT2D eigenvalue weighted by molar-refractivity contribution is 6.30. The molecular weight excluding hydrogens is 380 g/mol. The van der Waals surface area contributed by atoms with Gasteiger partial charge in [0.25, 0.3) is 0 Å². The number of phenolic OH excluding ortho intramolecular Hbond substituents is 2. The fraction of sp³-hybridized carbons (Fsp3) is 0.120. The maximum Gasteiger partial charge on any atom is 0.198 e. The Hall–Kier alpha value is -3.70. The third kappa shape index (κ3) is 3.29. The summed E-state index contributed by atoms with van der Waals surface area (Å²) >= 11 is 0. The lowest BCUT2D eigenvalue weighted by Crippen LogP contribution is -2.22. The van der Waals surface area contributed by atoms with E-state index in [0.29, 0.717) is 0 Å². The molecule has 30 heavy (non-hydrogen) atoms. The van der Waals surface area contributed by atoms with Gasteiger partial charge >= 0.3 is 0 Å². The normalized spacial score (nSPS) is 13.9. The van der Waals surface area contributed by atoms with E-state index in [1.165, 1.54) is 12.1 Å².